The lowest BCUT2D eigenvalue weighted by Gasteiger charge is -2.09. The van der Waals surface area contributed by atoms with E-state index in [1.165, 1.54) is 6.20 Å². The molecule has 0 bridgehead atoms. The van der Waals surface area contributed by atoms with Gasteiger partial charge in [-0.2, -0.15) is 0 Å². The Morgan fingerprint density at radius 2 is 2.05 bits per heavy atom. The van der Waals surface area contributed by atoms with E-state index < -0.39 is 5.97 Å². The molecular formula is C15H15NO3. The fraction of sp³-hybridized carbons (Fsp3) is 0.200. The molecule has 0 atom stereocenters. The van der Waals surface area contributed by atoms with Gasteiger partial charge in [-0.3, -0.25) is 4.98 Å². The molecule has 1 N–H and O–H groups in total. The average molecular weight is 257 g/mol. The summed E-state index contributed by atoms with van der Waals surface area (Å²) in [5.74, 6) is -0.695. The van der Waals surface area contributed by atoms with Crippen LogP contribution in [0.25, 0.3) is 11.3 Å². The van der Waals surface area contributed by atoms with Crippen LogP contribution in [0.4, 0.5) is 0 Å². The first-order valence-corrected chi connectivity index (χ1v) is 6.14. The Bertz CT molecular complexity index is 567. The molecule has 0 saturated carbocycles. The molecule has 2 aromatic rings. The summed E-state index contributed by atoms with van der Waals surface area (Å²) in [4.78, 5) is 15.5. The Morgan fingerprint density at radius 1 is 1.32 bits per heavy atom. The van der Waals surface area contributed by atoms with Crippen molar-refractivity contribution in [1.82, 2.24) is 4.98 Å². The third kappa shape index (κ3) is 3.10. The smallest absolute Gasteiger partial charge is 0.339 e. The van der Waals surface area contributed by atoms with Gasteiger partial charge < -0.3 is 9.84 Å². The van der Waals surface area contributed by atoms with Crippen molar-refractivity contribution in [1.29, 1.82) is 0 Å². The number of aromatic carboxylic acids is 1. The third-order valence-corrected chi connectivity index (χ3v) is 2.63. The van der Waals surface area contributed by atoms with Crippen molar-refractivity contribution in [3.8, 4) is 17.0 Å². The predicted molar refractivity (Wildman–Crippen MR) is 72.4 cm³/mol. The highest BCUT2D eigenvalue weighted by molar-refractivity contribution is 5.92. The third-order valence-electron chi connectivity index (χ3n) is 2.63. The zero-order valence-corrected chi connectivity index (χ0v) is 10.7. The molecule has 0 fully saturated rings. The lowest BCUT2D eigenvalue weighted by Crippen LogP contribution is -2.05. The highest BCUT2D eigenvalue weighted by Gasteiger charge is 2.13. The lowest BCUT2D eigenvalue weighted by atomic mass is 10.1. The van der Waals surface area contributed by atoms with Crippen molar-refractivity contribution < 1.29 is 14.6 Å². The number of carboxylic acids is 1. The van der Waals surface area contributed by atoms with E-state index >= 15 is 0 Å². The number of carboxylic acid groups (broad SMARTS) is 1. The molecule has 1 aromatic heterocycles. The van der Waals surface area contributed by atoms with Gasteiger partial charge in [-0.15, -0.1) is 0 Å². The summed E-state index contributed by atoms with van der Waals surface area (Å²) in [5.41, 5.74) is 1.65. The summed E-state index contributed by atoms with van der Waals surface area (Å²) in [7, 11) is 0. The Hall–Kier alpha value is -2.36. The van der Waals surface area contributed by atoms with Crippen LogP contribution < -0.4 is 4.74 Å². The fourth-order valence-corrected chi connectivity index (χ4v) is 1.70. The molecule has 1 aromatic carbocycles. The van der Waals surface area contributed by atoms with E-state index in [0.29, 0.717) is 18.1 Å². The largest absolute Gasteiger partial charge is 0.491 e. The maximum atomic E-state index is 11.3. The van der Waals surface area contributed by atoms with Crippen molar-refractivity contribution in [2.75, 3.05) is 6.61 Å². The lowest BCUT2D eigenvalue weighted by molar-refractivity contribution is 0.0692. The van der Waals surface area contributed by atoms with Crippen LogP contribution in [0, 0.1) is 0 Å². The SMILES string of the molecule is CCCOc1cnc(-c2ccccc2)cc1C(=O)O. The molecule has 0 aliphatic heterocycles. The van der Waals surface area contributed by atoms with E-state index in [4.69, 9.17) is 4.74 Å². The number of hydrogen-bond acceptors (Lipinski definition) is 3. The second-order valence-corrected chi connectivity index (χ2v) is 4.09. The minimum absolute atomic E-state index is 0.141. The molecular weight excluding hydrogens is 242 g/mol. The van der Waals surface area contributed by atoms with Crippen molar-refractivity contribution in [3.05, 3.63) is 48.2 Å². The molecule has 2 rings (SSSR count). The molecule has 19 heavy (non-hydrogen) atoms. The van der Waals surface area contributed by atoms with Crippen molar-refractivity contribution in [2.24, 2.45) is 0 Å². The van der Waals surface area contributed by atoms with Gasteiger partial charge in [-0.25, -0.2) is 4.79 Å². The van der Waals surface area contributed by atoms with Crippen LogP contribution in [0.3, 0.4) is 0 Å². The standard InChI is InChI=1S/C15H15NO3/c1-2-8-19-14-10-16-13(9-12(14)15(17)18)11-6-4-3-5-7-11/h3-7,9-10H,2,8H2,1H3,(H,17,18). The second kappa shape index (κ2) is 6.00. The zero-order valence-electron chi connectivity index (χ0n) is 10.7. The van der Waals surface area contributed by atoms with E-state index in [1.54, 1.807) is 6.07 Å². The van der Waals surface area contributed by atoms with Crippen molar-refractivity contribution >= 4 is 5.97 Å². The van der Waals surface area contributed by atoms with Gasteiger partial charge in [0, 0.05) is 5.56 Å². The Kier molecular flexibility index (Phi) is 4.13. The number of aromatic nitrogens is 1. The Morgan fingerprint density at radius 3 is 2.68 bits per heavy atom. The molecule has 0 spiro atoms. The van der Waals surface area contributed by atoms with Crippen LogP contribution in [-0.4, -0.2) is 22.7 Å². The maximum Gasteiger partial charge on any atom is 0.339 e. The molecule has 0 unspecified atom stereocenters. The van der Waals surface area contributed by atoms with Gasteiger partial charge in [0.05, 0.1) is 18.5 Å². The Balaban J connectivity index is 2.39. The summed E-state index contributed by atoms with van der Waals surface area (Å²) in [6.45, 7) is 2.44. The first-order valence-electron chi connectivity index (χ1n) is 6.14. The molecule has 98 valence electrons. The number of pyridine rings is 1. The number of carbonyl (C=O) groups is 1. The topological polar surface area (TPSA) is 59.4 Å². The predicted octanol–water partition coefficient (Wildman–Crippen LogP) is 3.24. The normalized spacial score (nSPS) is 10.2. The summed E-state index contributed by atoms with van der Waals surface area (Å²) in [6.07, 6.45) is 2.29. The molecule has 0 aliphatic carbocycles. The van der Waals surface area contributed by atoms with Crippen molar-refractivity contribution in [3.63, 3.8) is 0 Å². The minimum atomic E-state index is -1.01. The number of ether oxygens (including phenoxy) is 1. The molecule has 0 amide bonds. The molecule has 4 heteroatoms. The number of benzene rings is 1. The molecule has 1 heterocycles. The van der Waals surface area contributed by atoms with Gasteiger partial charge in [0.1, 0.15) is 5.56 Å². The number of nitrogens with zero attached hydrogens (tertiary/aromatic N) is 1. The van der Waals surface area contributed by atoms with Gasteiger partial charge >= 0.3 is 5.97 Å². The van der Waals surface area contributed by atoms with E-state index in [1.807, 2.05) is 37.3 Å². The van der Waals surface area contributed by atoms with Gasteiger partial charge in [-0.1, -0.05) is 37.3 Å². The highest BCUT2D eigenvalue weighted by Crippen LogP contribution is 2.24. The first kappa shape index (κ1) is 13.1. The highest BCUT2D eigenvalue weighted by atomic mass is 16.5. The van der Waals surface area contributed by atoms with Gasteiger partial charge in [0.15, 0.2) is 5.75 Å². The van der Waals surface area contributed by atoms with Crippen LogP contribution in [0.5, 0.6) is 5.75 Å². The van der Waals surface area contributed by atoms with Crippen LogP contribution in [0.2, 0.25) is 0 Å². The van der Waals surface area contributed by atoms with E-state index in [0.717, 1.165) is 12.0 Å². The van der Waals surface area contributed by atoms with Gasteiger partial charge in [0.25, 0.3) is 0 Å². The molecule has 0 saturated heterocycles. The number of rotatable bonds is 5. The molecule has 0 aliphatic rings. The van der Waals surface area contributed by atoms with E-state index in [9.17, 15) is 9.90 Å². The molecule has 0 radical (unpaired) electrons. The summed E-state index contributed by atoms with van der Waals surface area (Å²) in [5, 5.41) is 9.23. The number of hydrogen-bond donors (Lipinski definition) is 1. The molecule has 4 nitrogen and oxygen atoms in total. The summed E-state index contributed by atoms with van der Waals surface area (Å²) in [6, 6.07) is 11.0. The summed E-state index contributed by atoms with van der Waals surface area (Å²) < 4.78 is 5.40. The van der Waals surface area contributed by atoms with Crippen molar-refractivity contribution in [2.45, 2.75) is 13.3 Å². The first-order chi connectivity index (χ1) is 9.22. The quantitative estimate of drug-likeness (QED) is 0.893. The van der Waals surface area contributed by atoms with E-state index in [2.05, 4.69) is 4.98 Å². The monoisotopic (exact) mass is 257 g/mol. The second-order valence-electron chi connectivity index (χ2n) is 4.09. The van der Waals surface area contributed by atoms with Crippen LogP contribution in [0.1, 0.15) is 23.7 Å². The van der Waals surface area contributed by atoms with Gasteiger partial charge in [-0.05, 0) is 12.5 Å². The average Bonchev–Trinajstić information content (AvgIpc) is 2.45. The zero-order chi connectivity index (χ0) is 13.7. The van der Waals surface area contributed by atoms with E-state index in [-0.39, 0.29) is 5.56 Å². The van der Waals surface area contributed by atoms with Crippen LogP contribution in [-0.2, 0) is 0 Å². The Labute approximate surface area is 111 Å². The fourth-order valence-electron chi connectivity index (χ4n) is 1.70. The van der Waals surface area contributed by atoms with Crippen LogP contribution in [0.15, 0.2) is 42.6 Å². The maximum absolute atomic E-state index is 11.3. The minimum Gasteiger partial charge on any atom is -0.491 e. The summed E-state index contributed by atoms with van der Waals surface area (Å²) >= 11 is 0. The van der Waals surface area contributed by atoms with Gasteiger partial charge in [0.2, 0.25) is 0 Å². The van der Waals surface area contributed by atoms with Crippen LogP contribution >= 0.6 is 0 Å².